The first-order chi connectivity index (χ1) is 8.62. The van der Waals surface area contributed by atoms with Crippen molar-refractivity contribution in [2.45, 2.75) is 58.5 Å². The smallest absolute Gasteiger partial charge is 0.140 e. The van der Waals surface area contributed by atoms with Gasteiger partial charge >= 0.3 is 0 Å². The van der Waals surface area contributed by atoms with E-state index in [0.29, 0.717) is 5.25 Å². The Bertz CT molecular complexity index is 380. The van der Waals surface area contributed by atoms with Gasteiger partial charge in [-0.05, 0) is 26.7 Å². The van der Waals surface area contributed by atoms with E-state index in [0.717, 1.165) is 36.1 Å². The summed E-state index contributed by atoms with van der Waals surface area (Å²) in [6.07, 6.45) is 2.17. The van der Waals surface area contributed by atoms with Gasteiger partial charge in [0.1, 0.15) is 11.6 Å². The molecule has 0 radical (unpaired) electrons. The summed E-state index contributed by atoms with van der Waals surface area (Å²) in [5, 5.41) is 4.02. The predicted molar refractivity (Wildman–Crippen MR) is 81.4 cm³/mol. The Labute approximate surface area is 115 Å². The average Bonchev–Trinajstić information content (AvgIpc) is 2.36. The molecule has 18 heavy (non-hydrogen) atoms. The van der Waals surface area contributed by atoms with E-state index in [4.69, 9.17) is 0 Å². The van der Waals surface area contributed by atoms with Crippen molar-refractivity contribution in [2.75, 3.05) is 11.9 Å². The lowest BCUT2D eigenvalue weighted by Crippen LogP contribution is -2.09. The summed E-state index contributed by atoms with van der Waals surface area (Å²) in [6, 6.07) is 0. The van der Waals surface area contributed by atoms with Crippen molar-refractivity contribution in [3.8, 4) is 0 Å². The molecule has 102 valence electrons. The van der Waals surface area contributed by atoms with Crippen LogP contribution in [0.2, 0.25) is 0 Å². The van der Waals surface area contributed by atoms with Crippen molar-refractivity contribution >= 4 is 17.6 Å². The maximum absolute atomic E-state index is 4.66. The van der Waals surface area contributed by atoms with E-state index in [2.05, 4.69) is 49.9 Å². The summed E-state index contributed by atoms with van der Waals surface area (Å²) in [5.74, 6) is 2.87. The minimum Gasteiger partial charge on any atom is -0.370 e. The number of hydrogen-bond donors (Lipinski definition) is 1. The van der Waals surface area contributed by atoms with Gasteiger partial charge in [-0.15, -0.1) is 0 Å². The first kappa shape index (κ1) is 15.3. The van der Waals surface area contributed by atoms with Gasteiger partial charge in [0.05, 0.1) is 5.75 Å². The molecular weight excluding hydrogens is 242 g/mol. The number of nitrogens with one attached hydrogen (secondary N) is 1. The molecule has 0 aliphatic heterocycles. The third kappa shape index (κ3) is 4.16. The van der Waals surface area contributed by atoms with E-state index in [1.165, 1.54) is 12.0 Å². The Kier molecular flexibility index (Phi) is 6.47. The Morgan fingerprint density at radius 3 is 2.50 bits per heavy atom. The number of anilines is 1. The molecule has 1 heterocycles. The molecule has 0 saturated heterocycles. The number of aromatic nitrogens is 2. The van der Waals surface area contributed by atoms with E-state index in [-0.39, 0.29) is 0 Å². The molecular formula is C14H25N3S. The van der Waals surface area contributed by atoms with Crippen LogP contribution in [0.4, 0.5) is 5.82 Å². The van der Waals surface area contributed by atoms with Gasteiger partial charge in [-0.1, -0.05) is 20.8 Å². The number of hydrogen-bond acceptors (Lipinski definition) is 4. The second-order valence-electron chi connectivity index (χ2n) is 4.47. The molecule has 0 aliphatic carbocycles. The van der Waals surface area contributed by atoms with Crippen LogP contribution in [0.5, 0.6) is 0 Å². The molecule has 0 spiro atoms. The molecule has 1 rings (SSSR count). The van der Waals surface area contributed by atoms with E-state index in [1.807, 2.05) is 11.8 Å². The van der Waals surface area contributed by atoms with Crippen LogP contribution in [0.15, 0.2) is 0 Å². The zero-order chi connectivity index (χ0) is 13.5. The van der Waals surface area contributed by atoms with Crippen molar-refractivity contribution in [1.29, 1.82) is 0 Å². The van der Waals surface area contributed by atoms with Gasteiger partial charge in [-0.25, -0.2) is 9.97 Å². The predicted octanol–water partition coefficient (Wildman–Crippen LogP) is 3.81. The molecule has 0 bridgehead atoms. The maximum atomic E-state index is 4.66. The van der Waals surface area contributed by atoms with Crippen molar-refractivity contribution in [1.82, 2.24) is 9.97 Å². The molecule has 1 N–H and O–H groups in total. The quantitative estimate of drug-likeness (QED) is 0.815. The van der Waals surface area contributed by atoms with E-state index >= 15 is 0 Å². The highest BCUT2D eigenvalue weighted by Gasteiger charge is 2.10. The summed E-state index contributed by atoms with van der Waals surface area (Å²) >= 11 is 1.93. The molecule has 1 aromatic heterocycles. The molecule has 3 nitrogen and oxygen atoms in total. The number of rotatable bonds is 7. The van der Waals surface area contributed by atoms with E-state index < -0.39 is 0 Å². The van der Waals surface area contributed by atoms with Crippen LogP contribution in [0.1, 0.15) is 51.2 Å². The summed E-state index contributed by atoms with van der Waals surface area (Å²) in [5.41, 5.74) is 2.36. The lowest BCUT2D eigenvalue weighted by Gasteiger charge is -2.13. The van der Waals surface area contributed by atoms with E-state index in [9.17, 15) is 0 Å². The molecule has 1 atom stereocenters. The van der Waals surface area contributed by atoms with Crippen molar-refractivity contribution < 1.29 is 0 Å². The Morgan fingerprint density at radius 1 is 1.22 bits per heavy atom. The van der Waals surface area contributed by atoms with Crippen molar-refractivity contribution in [3.63, 3.8) is 0 Å². The van der Waals surface area contributed by atoms with Gasteiger partial charge in [-0.2, -0.15) is 11.8 Å². The topological polar surface area (TPSA) is 37.8 Å². The first-order valence-electron chi connectivity index (χ1n) is 6.84. The lowest BCUT2D eigenvalue weighted by atomic mass is 10.1. The summed E-state index contributed by atoms with van der Waals surface area (Å²) in [6.45, 7) is 11.7. The second kappa shape index (κ2) is 7.62. The maximum Gasteiger partial charge on any atom is 0.140 e. The fourth-order valence-electron chi connectivity index (χ4n) is 1.79. The minimum atomic E-state index is 0.669. The lowest BCUT2D eigenvalue weighted by molar-refractivity contribution is 0.894. The SMILES string of the molecule is CCNc1nc(CSC(C)CC)nc(C)c1CC. The normalized spacial score (nSPS) is 12.5. The highest BCUT2D eigenvalue weighted by Crippen LogP contribution is 2.22. The molecule has 0 amide bonds. The Balaban J connectivity index is 2.86. The van der Waals surface area contributed by atoms with Crippen LogP contribution in [0.25, 0.3) is 0 Å². The molecule has 4 heteroatoms. The van der Waals surface area contributed by atoms with E-state index in [1.54, 1.807) is 0 Å². The standard InChI is InChI=1S/C14H25N3S/c1-6-10(4)18-9-13-16-11(5)12(7-2)14(17-13)15-8-3/h10H,6-9H2,1-5H3,(H,15,16,17). The fourth-order valence-corrected chi connectivity index (χ4v) is 2.59. The van der Waals surface area contributed by atoms with Gasteiger partial charge in [0, 0.05) is 23.1 Å². The van der Waals surface area contributed by atoms with Gasteiger partial charge in [0.15, 0.2) is 0 Å². The molecule has 0 aromatic carbocycles. The van der Waals surface area contributed by atoms with Gasteiger partial charge in [0.25, 0.3) is 0 Å². The average molecular weight is 267 g/mol. The molecule has 1 unspecified atom stereocenters. The molecule has 0 fully saturated rings. The zero-order valence-corrected chi connectivity index (χ0v) is 13.0. The number of aryl methyl sites for hydroxylation is 1. The van der Waals surface area contributed by atoms with Gasteiger partial charge in [0.2, 0.25) is 0 Å². The van der Waals surface area contributed by atoms with Crippen LogP contribution in [0, 0.1) is 6.92 Å². The Morgan fingerprint density at radius 2 is 1.94 bits per heavy atom. The highest BCUT2D eigenvalue weighted by molar-refractivity contribution is 7.99. The van der Waals surface area contributed by atoms with Crippen LogP contribution >= 0.6 is 11.8 Å². The third-order valence-electron chi connectivity index (χ3n) is 3.03. The largest absolute Gasteiger partial charge is 0.370 e. The monoisotopic (exact) mass is 267 g/mol. The molecule has 0 aliphatic rings. The van der Waals surface area contributed by atoms with Crippen molar-refractivity contribution in [2.24, 2.45) is 0 Å². The van der Waals surface area contributed by atoms with Gasteiger partial charge in [-0.3, -0.25) is 0 Å². The van der Waals surface area contributed by atoms with Gasteiger partial charge < -0.3 is 5.32 Å². The van der Waals surface area contributed by atoms with Crippen LogP contribution in [-0.4, -0.2) is 21.8 Å². The van der Waals surface area contributed by atoms with Crippen LogP contribution in [0.3, 0.4) is 0 Å². The van der Waals surface area contributed by atoms with Crippen LogP contribution in [-0.2, 0) is 12.2 Å². The summed E-state index contributed by atoms with van der Waals surface area (Å²) in [4.78, 5) is 9.28. The molecule has 0 saturated carbocycles. The zero-order valence-electron chi connectivity index (χ0n) is 12.2. The summed E-state index contributed by atoms with van der Waals surface area (Å²) in [7, 11) is 0. The van der Waals surface area contributed by atoms with Crippen LogP contribution < -0.4 is 5.32 Å². The number of nitrogens with zero attached hydrogens (tertiary/aromatic N) is 2. The second-order valence-corrected chi connectivity index (χ2v) is 5.89. The Hall–Kier alpha value is -0.770. The van der Waals surface area contributed by atoms with Crippen molar-refractivity contribution in [3.05, 3.63) is 17.1 Å². The molecule has 1 aromatic rings. The fraction of sp³-hybridized carbons (Fsp3) is 0.714. The summed E-state index contributed by atoms with van der Waals surface area (Å²) < 4.78 is 0. The number of thioether (sulfide) groups is 1. The third-order valence-corrected chi connectivity index (χ3v) is 4.36. The minimum absolute atomic E-state index is 0.669. The highest BCUT2D eigenvalue weighted by atomic mass is 32.2. The first-order valence-corrected chi connectivity index (χ1v) is 7.89.